The number of hydrogen-bond acceptors (Lipinski definition) is 3. The van der Waals surface area contributed by atoms with E-state index in [1.54, 1.807) is 30.3 Å². The van der Waals surface area contributed by atoms with Gasteiger partial charge in [-0.3, -0.25) is 4.79 Å². The number of halogens is 1. The summed E-state index contributed by atoms with van der Waals surface area (Å²) in [5.74, 6) is -0.870. The maximum atomic E-state index is 12.8. The smallest absolute Gasteiger partial charge is 0.310 e. The zero-order valence-electron chi connectivity index (χ0n) is 14.1. The van der Waals surface area contributed by atoms with Gasteiger partial charge in [0.25, 0.3) is 0 Å². The largest absolute Gasteiger partial charge is 0.481 e. The van der Waals surface area contributed by atoms with Crippen molar-refractivity contribution in [2.75, 3.05) is 13.1 Å². The number of carbonyl (C=O) groups is 1. The predicted molar refractivity (Wildman–Crippen MR) is 102 cm³/mol. The predicted octanol–water partition coefficient (Wildman–Crippen LogP) is 3.55. The van der Waals surface area contributed by atoms with Crippen LogP contribution in [-0.4, -0.2) is 36.9 Å². The Kier molecular flexibility index (Phi) is 5.50. The zero-order valence-corrected chi connectivity index (χ0v) is 16.5. The Morgan fingerprint density at radius 2 is 1.62 bits per heavy atom. The fraction of sp³-hybridized carbons (Fsp3) is 0.316. The van der Waals surface area contributed by atoms with E-state index in [0.717, 1.165) is 10.0 Å². The van der Waals surface area contributed by atoms with Crippen molar-refractivity contribution in [2.24, 2.45) is 5.41 Å². The molecule has 1 fully saturated rings. The van der Waals surface area contributed by atoms with Crippen LogP contribution in [0, 0.1) is 5.41 Å². The Balaban J connectivity index is 1.80. The van der Waals surface area contributed by atoms with Crippen LogP contribution in [0.25, 0.3) is 0 Å². The molecule has 0 amide bonds. The molecule has 0 radical (unpaired) electrons. The molecule has 0 spiro atoms. The van der Waals surface area contributed by atoms with Gasteiger partial charge in [0.2, 0.25) is 10.0 Å². The fourth-order valence-electron chi connectivity index (χ4n) is 3.37. The van der Waals surface area contributed by atoms with Crippen LogP contribution in [0.15, 0.2) is 64.0 Å². The van der Waals surface area contributed by atoms with Gasteiger partial charge >= 0.3 is 5.97 Å². The third kappa shape index (κ3) is 3.70. The number of piperidine rings is 1. The van der Waals surface area contributed by atoms with Crippen LogP contribution in [0.2, 0.25) is 0 Å². The SMILES string of the molecule is O=C(O)C1(Cc2ccccc2Br)CCN(S(=O)(=O)c2ccccc2)CC1. The molecule has 0 aliphatic carbocycles. The molecule has 1 saturated heterocycles. The molecule has 1 aliphatic heterocycles. The van der Waals surface area contributed by atoms with Crippen molar-refractivity contribution in [1.29, 1.82) is 0 Å². The van der Waals surface area contributed by atoms with Crippen LogP contribution in [0.3, 0.4) is 0 Å². The Bertz CT molecular complexity index is 891. The van der Waals surface area contributed by atoms with E-state index < -0.39 is 21.4 Å². The molecule has 0 aromatic heterocycles. The van der Waals surface area contributed by atoms with Gasteiger partial charge in [-0.25, -0.2) is 8.42 Å². The van der Waals surface area contributed by atoms with Gasteiger partial charge in [0, 0.05) is 17.6 Å². The summed E-state index contributed by atoms with van der Waals surface area (Å²) >= 11 is 3.47. The lowest BCUT2D eigenvalue weighted by Gasteiger charge is -2.38. The van der Waals surface area contributed by atoms with Crippen LogP contribution in [-0.2, 0) is 21.2 Å². The molecule has 0 atom stereocenters. The lowest BCUT2D eigenvalue weighted by atomic mass is 9.74. The Morgan fingerprint density at radius 1 is 1.04 bits per heavy atom. The molecule has 0 bridgehead atoms. The van der Waals surface area contributed by atoms with Crippen molar-refractivity contribution in [3.8, 4) is 0 Å². The van der Waals surface area contributed by atoms with Gasteiger partial charge < -0.3 is 5.11 Å². The molecule has 1 N–H and O–H groups in total. The number of carboxylic acids is 1. The van der Waals surface area contributed by atoms with E-state index in [4.69, 9.17) is 0 Å². The summed E-state index contributed by atoms with van der Waals surface area (Å²) in [7, 11) is -3.59. The molecule has 0 saturated carbocycles. The van der Waals surface area contributed by atoms with Crippen molar-refractivity contribution in [3.63, 3.8) is 0 Å². The minimum Gasteiger partial charge on any atom is -0.481 e. The molecule has 2 aromatic carbocycles. The Labute approximate surface area is 161 Å². The van der Waals surface area contributed by atoms with Gasteiger partial charge in [-0.05, 0) is 43.0 Å². The number of sulfonamides is 1. The first kappa shape index (κ1) is 19.1. The molecule has 1 heterocycles. The first-order valence-electron chi connectivity index (χ1n) is 8.37. The van der Waals surface area contributed by atoms with Gasteiger partial charge in [0.1, 0.15) is 0 Å². The van der Waals surface area contributed by atoms with Gasteiger partial charge in [0.05, 0.1) is 10.3 Å². The van der Waals surface area contributed by atoms with E-state index >= 15 is 0 Å². The summed E-state index contributed by atoms with van der Waals surface area (Å²) in [6.07, 6.45) is 0.953. The van der Waals surface area contributed by atoms with Crippen molar-refractivity contribution in [2.45, 2.75) is 24.2 Å². The quantitative estimate of drug-likeness (QED) is 0.775. The van der Waals surface area contributed by atoms with Crippen LogP contribution in [0.4, 0.5) is 0 Å². The number of nitrogens with zero attached hydrogens (tertiary/aromatic N) is 1. The lowest BCUT2D eigenvalue weighted by Crippen LogP contribution is -2.47. The second-order valence-corrected chi connectivity index (χ2v) is 9.36. The third-order valence-corrected chi connectivity index (χ3v) is 7.69. The summed E-state index contributed by atoms with van der Waals surface area (Å²) in [5, 5.41) is 9.86. The average molecular weight is 438 g/mol. The topological polar surface area (TPSA) is 74.7 Å². The molecule has 2 aromatic rings. The molecule has 26 heavy (non-hydrogen) atoms. The third-order valence-electron chi connectivity index (χ3n) is 5.00. The number of aliphatic carboxylic acids is 1. The standard InChI is InChI=1S/C19H20BrNO4S/c20-17-9-5-4-6-15(17)14-19(18(22)23)10-12-21(13-11-19)26(24,25)16-7-2-1-3-8-16/h1-9H,10-14H2,(H,22,23). The molecular formula is C19H20BrNO4S. The Morgan fingerprint density at radius 3 is 2.19 bits per heavy atom. The van der Waals surface area contributed by atoms with Crippen molar-refractivity contribution in [3.05, 3.63) is 64.6 Å². The summed E-state index contributed by atoms with van der Waals surface area (Å²) in [6.45, 7) is 0.405. The first-order valence-corrected chi connectivity index (χ1v) is 10.6. The van der Waals surface area contributed by atoms with Crippen LogP contribution in [0.1, 0.15) is 18.4 Å². The number of carboxylic acid groups (broad SMARTS) is 1. The van der Waals surface area contributed by atoms with Gasteiger partial charge in [-0.2, -0.15) is 4.31 Å². The van der Waals surface area contributed by atoms with Crippen LogP contribution < -0.4 is 0 Å². The number of benzene rings is 2. The summed E-state index contributed by atoms with van der Waals surface area (Å²) in [6, 6.07) is 15.8. The minimum atomic E-state index is -3.59. The molecule has 5 nitrogen and oxygen atoms in total. The average Bonchev–Trinajstić information content (AvgIpc) is 2.64. The highest BCUT2D eigenvalue weighted by atomic mass is 79.9. The van der Waals surface area contributed by atoms with E-state index in [1.807, 2.05) is 24.3 Å². The van der Waals surface area contributed by atoms with Gasteiger partial charge in [-0.15, -0.1) is 0 Å². The van der Waals surface area contributed by atoms with Crippen LogP contribution >= 0.6 is 15.9 Å². The van der Waals surface area contributed by atoms with Crippen LogP contribution in [0.5, 0.6) is 0 Å². The van der Waals surface area contributed by atoms with Gasteiger partial charge in [-0.1, -0.05) is 52.3 Å². The fourth-order valence-corrected chi connectivity index (χ4v) is 5.26. The number of hydrogen-bond donors (Lipinski definition) is 1. The summed E-state index contributed by atoms with van der Waals surface area (Å²) in [5.41, 5.74) is -0.0266. The maximum absolute atomic E-state index is 12.8. The first-order chi connectivity index (χ1) is 12.3. The highest BCUT2D eigenvalue weighted by Gasteiger charge is 2.44. The van der Waals surface area contributed by atoms with E-state index in [-0.39, 0.29) is 30.8 Å². The minimum absolute atomic E-state index is 0.202. The highest BCUT2D eigenvalue weighted by molar-refractivity contribution is 9.10. The second-order valence-electron chi connectivity index (χ2n) is 6.57. The van der Waals surface area contributed by atoms with E-state index in [9.17, 15) is 18.3 Å². The summed E-state index contributed by atoms with van der Waals surface area (Å²) < 4.78 is 27.8. The lowest BCUT2D eigenvalue weighted by molar-refractivity contribution is -0.151. The maximum Gasteiger partial charge on any atom is 0.310 e. The normalized spacial score (nSPS) is 17.7. The van der Waals surface area contributed by atoms with E-state index in [1.165, 1.54) is 4.31 Å². The van der Waals surface area contributed by atoms with Crippen molar-refractivity contribution >= 4 is 31.9 Å². The zero-order chi connectivity index (χ0) is 18.8. The van der Waals surface area contributed by atoms with Crippen molar-refractivity contribution < 1.29 is 18.3 Å². The molecular weight excluding hydrogens is 418 g/mol. The van der Waals surface area contributed by atoms with E-state index in [0.29, 0.717) is 6.42 Å². The van der Waals surface area contributed by atoms with Gasteiger partial charge in [0.15, 0.2) is 0 Å². The molecule has 1 aliphatic rings. The molecule has 3 rings (SSSR count). The summed E-state index contributed by atoms with van der Waals surface area (Å²) in [4.78, 5) is 12.3. The monoisotopic (exact) mass is 437 g/mol. The highest BCUT2D eigenvalue weighted by Crippen LogP contribution is 2.38. The molecule has 138 valence electrons. The van der Waals surface area contributed by atoms with E-state index in [2.05, 4.69) is 15.9 Å². The molecule has 0 unspecified atom stereocenters. The molecule has 7 heteroatoms. The second kappa shape index (κ2) is 7.50. The van der Waals surface area contributed by atoms with Crippen molar-refractivity contribution in [1.82, 2.24) is 4.31 Å². The Hall–Kier alpha value is -1.70. The number of rotatable bonds is 5.